The van der Waals surface area contributed by atoms with Crippen LogP contribution >= 0.6 is 0 Å². The number of anilines is 1. The average molecular weight is 306 g/mol. The highest BCUT2D eigenvalue weighted by Gasteiger charge is 2.13. The second-order valence-electron chi connectivity index (χ2n) is 4.94. The molecule has 1 atom stereocenters. The van der Waals surface area contributed by atoms with Gasteiger partial charge < -0.3 is 22.1 Å². The molecule has 7 heteroatoms. The fourth-order valence-corrected chi connectivity index (χ4v) is 1.82. The van der Waals surface area contributed by atoms with Crippen molar-refractivity contribution in [1.82, 2.24) is 5.32 Å². The summed E-state index contributed by atoms with van der Waals surface area (Å²) >= 11 is 0. The maximum atomic E-state index is 11.9. The van der Waals surface area contributed by atoms with Crippen molar-refractivity contribution in [3.05, 3.63) is 29.8 Å². The zero-order valence-corrected chi connectivity index (χ0v) is 12.6. The van der Waals surface area contributed by atoms with Gasteiger partial charge in [0.2, 0.25) is 11.8 Å². The SMILES string of the molecule is CCCC(N)C(=O)Nc1cccc(C(=O)NCCC(N)=O)c1. The predicted octanol–water partition coefficient (Wildman–Crippen LogP) is 0.358. The van der Waals surface area contributed by atoms with E-state index in [1.807, 2.05) is 6.92 Å². The Kier molecular flexibility index (Phi) is 7.04. The Labute approximate surface area is 129 Å². The third kappa shape index (κ3) is 5.92. The first-order chi connectivity index (χ1) is 10.4. The monoisotopic (exact) mass is 306 g/mol. The summed E-state index contributed by atoms with van der Waals surface area (Å²) in [6.45, 7) is 2.12. The molecule has 1 aromatic rings. The molecule has 0 saturated carbocycles. The van der Waals surface area contributed by atoms with Gasteiger partial charge in [0, 0.05) is 24.2 Å². The summed E-state index contributed by atoms with van der Waals surface area (Å²) in [5.41, 5.74) is 11.6. The minimum absolute atomic E-state index is 0.0774. The molecule has 0 heterocycles. The second-order valence-corrected chi connectivity index (χ2v) is 4.94. The van der Waals surface area contributed by atoms with Crippen LogP contribution in [0.5, 0.6) is 0 Å². The van der Waals surface area contributed by atoms with E-state index in [2.05, 4.69) is 10.6 Å². The molecule has 1 unspecified atom stereocenters. The average Bonchev–Trinajstić information content (AvgIpc) is 2.47. The minimum Gasteiger partial charge on any atom is -0.370 e. The maximum Gasteiger partial charge on any atom is 0.251 e. The molecule has 1 aromatic carbocycles. The van der Waals surface area contributed by atoms with Crippen LogP contribution in [0.4, 0.5) is 5.69 Å². The molecule has 7 nitrogen and oxygen atoms in total. The Morgan fingerprint density at radius 2 is 2.00 bits per heavy atom. The molecule has 0 aliphatic heterocycles. The van der Waals surface area contributed by atoms with Crippen molar-refractivity contribution in [2.45, 2.75) is 32.2 Å². The summed E-state index contributed by atoms with van der Waals surface area (Å²) in [6.07, 6.45) is 1.49. The lowest BCUT2D eigenvalue weighted by Crippen LogP contribution is -2.35. The quantitative estimate of drug-likeness (QED) is 0.553. The molecular formula is C15H22N4O3. The number of hydrogen-bond donors (Lipinski definition) is 4. The lowest BCUT2D eigenvalue weighted by Gasteiger charge is -2.12. The Bertz CT molecular complexity index is 545. The van der Waals surface area contributed by atoms with Crippen LogP contribution < -0.4 is 22.1 Å². The second kappa shape index (κ2) is 8.78. The summed E-state index contributed by atoms with van der Waals surface area (Å²) in [5, 5.41) is 5.25. The van der Waals surface area contributed by atoms with Crippen LogP contribution in [0, 0.1) is 0 Å². The van der Waals surface area contributed by atoms with Crippen LogP contribution in [0.2, 0.25) is 0 Å². The van der Waals surface area contributed by atoms with Crippen LogP contribution in [-0.2, 0) is 9.59 Å². The van der Waals surface area contributed by atoms with Crippen molar-refractivity contribution in [3.8, 4) is 0 Å². The third-order valence-corrected chi connectivity index (χ3v) is 2.99. The minimum atomic E-state index is -0.571. The summed E-state index contributed by atoms with van der Waals surface area (Å²) < 4.78 is 0. The van der Waals surface area contributed by atoms with Crippen molar-refractivity contribution in [1.29, 1.82) is 0 Å². The van der Waals surface area contributed by atoms with E-state index in [1.165, 1.54) is 0 Å². The Morgan fingerprint density at radius 1 is 1.27 bits per heavy atom. The van der Waals surface area contributed by atoms with Crippen LogP contribution in [0.25, 0.3) is 0 Å². The van der Waals surface area contributed by atoms with Crippen LogP contribution in [0.3, 0.4) is 0 Å². The first kappa shape index (κ1) is 17.6. The van der Waals surface area contributed by atoms with Crippen molar-refractivity contribution < 1.29 is 14.4 Å². The highest BCUT2D eigenvalue weighted by molar-refractivity contribution is 5.98. The van der Waals surface area contributed by atoms with Gasteiger partial charge in [-0.05, 0) is 24.6 Å². The first-order valence-corrected chi connectivity index (χ1v) is 7.17. The molecule has 0 saturated heterocycles. The van der Waals surface area contributed by atoms with Crippen molar-refractivity contribution >= 4 is 23.4 Å². The van der Waals surface area contributed by atoms with Gasteiger partial charge in [-0.15, -0.1) is 0 Å². The molecule has 22 heavy (non-hydrogen) atoms. The molecule has 0 aromatic heterocycles. The summed E-state index contributed by atoms with van der Waals surface area (Å²) in [7, 11) is 0. The van der Waals surface area contributed by atoms with Crippen molar-refractivity contribution in [2.24, 2.45) is 11.5 Å². The highest BCUT2D eigenvalue weighted by Crippen LogP contribution is 2.11. The smallest absolute Gasteiger partial charge is 0.251 e. The fourth-order valence-electron chi connectivity index (χ4n) is 1.82. The van der Waals surface area contributed by atoms with Gasteiger partial charge in [0.25, 0.3) is 5.91 Å². The van der Waals surface area contributed by atoms with E-state index in [9.17, 15) is 14.4 Å². The Morgan fingerprint density at radius 3 is 2.64 bits per heavy atom. The molecule has 0 bridgehead atoms. The van der Waals surface area contributed by atoms with E-state index < -0.39 is 11.9 Å². The zero-order chi connectivity index (χ0) is 16.5. The fraction of sp³-hybridized carbons (Fsp3) is 0.400. The highest BCUT2D eigenvalue weighted by atomic mass is 16.2. The van der Waals surface area contributed by atoms with E-state index in [0.717, 1.165) is 6.42 Å². The van der Waals surface area contributed by atoms with E-state index in [1.54, 1.807) is 24.3 Å². The zero-order valence-electron chi connectivity index (χ0n) is 12.6. The van der Waals surface area contributed by atoms with Crippen LogP contribution in [0.1, 0.15) is 36.5 Å². The van der Waals surface area contributed by atoms with Gasteiger partial charge in [-0.25, -0.2) is 0 Å². The lowest BCUT2D eigenvalue weighted by atomic mass is 10.1. The van der Waals surface area contributed by atoms with E-state index >= 15 is 0 Å². The van der Waals surface area contributed by atoms with E-state index in [4.69, 9.17) is 11.5 Å². The van der Waals surface area contributed by atoms with Gasteiger partial charge >= 0.3 is 0 Å². The van der Waals surface area contributed by atoms with Gasteiger partial charge in [-0.1, -0.05) is 19.4 Å². The van der Waals surface area contributed by atoms with Gasteiger partial charge in [-0.3, -0.25) is 14.4 Å². The van der Waals surface area contributed by atoms with Gasteiger partial charge in [-0.2, -0.15) is 0 Å². The van der Waals surface area contributed by atoms with E-state index in [0.29, 0.717) is 17.7 Å². The molecule has 0 fully saturated rings. The normalized spacial score (nSPS) is 11.5. The molecule has 0 spiro atoms. The molecule has 0 aliphatic carbocycles. The van der Waals surface area contributed by atoms with Crippen LogP contribution in [-0.4, -0.2) is 30.3 Å². The maximum absolute atomic E-state index is 11.9. The van der Waals surface area contributed by atoms with Gasteiger partial charge in [0.05, 0.1) is 6.04 Å². The molecule has 1 rings (SSSR count). The summed E-state index contributed by atoms with van der Waals surface area (Å²) in [5.74, 6) is -1.10. The van der Waals surface area contributed by atoms with Gasteiger partial charge in [0.15, 0.2) is 0 Å². The molecule has 3 amide bonds. The molecule has 120 valence electrons. The molecule has 6 N–H and O–H groups in total. The molecular weight excluding hydrogens is 284 g/mol. The number of amides is 3. The Balaban J connectivity index is 2.63. The number of carbonyl (C=O) groups is 3. The summed E-state index contributed by atoms with van der Waals surface area (Å²) in [4.78, 5) is 34.4. The molecule has 0 aliphatic rings. The van der Waals surface area contributed by atoms with Crippen molar-refractivity contribution in [2.75, 3.05) is 11.9 Å². The van der Waals surface area contributed by atoms with Crippen molar-refractivity contribution in [3.63, 3.8) is 0 Å². The first-order valence-electron chi connectivity index (χ1n) is 7.17. The number of hydrogen-bond acceptors (Lipinski definition) is 4. The van der Waals surface area contributed by atoms with E-state index in [-0.39, 0.29) is 24.8 Å². The number of rotatable bonds is 8. The topological polar surface area (TPSA) is 127 Å². The molecule has 0 radical (unpaired) electrons. The van der Waals surface area contributed by atoms with Crippen LogP contribution in [0.15, 0.2) is 24.3 Å². The largest absolute Gasteiger partial charge is 0.370 e. The number of benzene rings is 1. The number of nitrogens with two attached hydrogens (primary N) is 2. The Hall–Kier alpha value is -2.41. The number of carbonyl (C=O) groups excluding carboxylic acids is 3. The number of nitrogens with one attached hydrogen (secondary N) is 2. The standard InChI is InChI=1S/C15H22N4O3/c1-2-4-12(16)15(22)19-11-6-3-5-10(9-11)14(21)18-8-7-13(17)20/h3,5-6,9,12H,2,4,7-8,16H2,1H3,(H2,17,20)(H,18,21)(H,19,22). The number of primary amides is 1. The lowest BCUT2D eigenvalue weighted by molar-refractivity contribution is -0.118. The predicted molar refractivity (Wildman–Crippen MR) is 84.1 cm³/mol. The summed E-state index contributed by atoms with van der Waals surface area (Å²) in [6, 6.07) is 5.93. The third-order valence-electron chi connectivity index (χ3n) is 2.99. The van der Waals surface area contributed by atoms with Gasteiger partial charge in [0.1, 0.15) is 0 Å².